The minimum atomic E-state index is -5.08. The van der Waals surface area contributed by atoms with Crippen LogP contribution in [0.2, 0.25) is 0 Å². The van der Waals surface area contributed by atoms with Gasteiger partial charge in [-0.1, -0.05) is 0 Å². The molecule has 1 fully saturated rings. The van der Waals surface area contributed by atoms with E-state index < -0.39 is 24.3 Å². The smallest absolute Gasteiger partial charge is 0.475 e. The second kappa shape index (κ2) is 11.7. The van der Waals surface area contributed by atoms with E-state index in [0.717, 1.165) is 25.6 Å². The number of carboxylic acid groups (broad SMARTS) is 2. The van der Waals surface area contributed by atoms with Crippen molar-refractivity contribution >= 4 is 11.9 Å². The van der Waals surface area contributed by atoms with Gasteiger partial charge in [-0.15, -0.1) is 0 Å². The van der Waals surface area contributed by atoms with Crippen LogP contribution in [0.5, 0.6) is 0 Å². The number of hydrogen-bond donors (Lipinski definition) is 2. The molecule has 190 valence electrons. The average molecular weight is 490 g/mol. The summed E-state index contributed by atoms with van der Waals surface area (Å²) in [5.74, 6) is -3.27. The molecule has 0 saturated heterocycles. The van der Waals surface area contributed by atoms with Crippen molar-refractivity contribution in [3.05, 3.63) is 17.7 Å². The van der Waals surface area contributed by atoms with Gasteiger partial charge in [-0.05, 0) is 39.7 Å². The third-order valence-electron chi connectivity index (χ3n) is 5.02. The SMILES string of the molecule is CC(C)N(C)Cc1cnc2n1CCN(CC1CC1)C2.O=C(O)C(F)(F)F.O=C(O)C(F)(F)F. The number of halogens is 6. The van der Waals surface area contributed by atoms with Crippen LogP contribution in [0.25, 0.3) is 0 Å². The number of carbonyl (C=O) groups is 2. The number of aliphatic carboxylic acids is 2. The molecular weight excluding hydrogens is 462 g/mol. The molecule has 33 heavy (non-hydrogen) atoms. The molecular formula is C19H28F6N4O4. The van der Waals surface area contributed by atoms with Gasteiger partial charge in [0.2, 0.25) is 0 Å². The van der Waals surface area contributed by atoms with Crippen molar-refractivity contribution in [3.8, 4) is 0 Å². The summed E-state index contributed by atoms with van der Waals surface area (Å²) in [7, 11) is 2.19. The number of fused-ring (bicyclic) bond motifs is 1. The normalized spacial score (nSPS) is 16.5. The molecule has 0 radical (unpaired) electrons. The molecule has 2 heterocycles. The zero-order chi connectivity index (χ0) is 25.6. The zero-order valence-corrected chi connectivity index (χ0v) is 18.4. The maximum absolute atomic E-state index is 10.6. The predicted molar refractivity (Wildman–Crippen MR) is 104 cm³/mol. The zero-order valence-electron chi connectivity index (χ0n) is 18.4. The summed E-state index contributed by atoms with van der Waals surface area (Å²) >= 11 is 0. The van der Waals surface area contributed by atoms with E-state index in [1.807, 2.05) is 0 Å². The van der Waals surface area contributed by atoms with Crippen molar-refractivity contribution in [2.24, 2.45) is 5.92 Å². The minimum Gasteiger partial charge on any atom is -0.475 e. The number of rotatable bonds is 5. The molecule has 1 aliphatic carbocycles. The Labute approximate surface area is 186 Å². The number of aromatic nitrogens is 2. The summed E-state index contributed by atoms with van der Waals surface area (Å²) < 4.78 is 65.9. The van der Waals surface area contributed by atoms with E-state index in [-0.39, 0.29) is 0 Å². The number of hydrogen-bond acceptors (Lipinski definition) is 5. The molecule has 1 aromatic heterocycles. The highest BCUT2D eigenvalue weighted by molar-refractivity contribution is 5.73. The predicted octanol–water partition coefficient (Wildman–Crippen LogP) is 3.22. The van der Waals surface area contributed by atoms with E-state index in [1.54, 1.807) is 0 Å². The van der Waals surface area contributed by atoms with Crippen LogP contribution in [0.4, 0.5) is 26.3 Å². The van der Waals surface area contributed by atoms with Gasteiger partial charge < -0.3 is 14.8 Å². The maximum atomic E-state index is 10.6. The Kier molecular flexibility index (Phi) is 10.2. The second-order valence-corrected chi connectivity index (χ2v) is 8.11. The summed E-state index contributed by atoms with van der Waals surface area (Å²) in [5, 5.41) is 14.2. The lowest BCUT2D eigenvalue weighted by Crippen LogP contribution is -2.36. The average Bonchev–Trinajstić information content (AvgIpc) is 3.40. The van der Waals surface area contributed by atoms with Gasteiger partial charge in [0.1, 0.15) is 5.82 Å². The summed E-state index contributed by atoms with van der Waals surface area (Å²) in [4.78, 5) is 27.4. The molecule has 0 spiro atoms. The van der Waals surface area contributed by atoms with Crippen LogP contribution in [-0.2, 0) is 29.2 Å². The lowest BCUT2D eigenvalue weighted by atomic mass is 10.3. The molecule has 0 bridgehead atoms. The summed E-state index contributed by atoms with van der Waals surface area (Å²) in [5.41, 5.74) is 1.37. The van der Waals surface area contributed by atoms with Gasteiger partial charge in [-0.2, -0.15) is 26.3 Å². The van der Waals surface area contributed by atoms with Gasteiger partial charge >= 0.3 is 24.3 Å². The molecule has 1 saturated carbocycles. The maximum Gasteiger partial charge on any atom is 0.490 e. The van der Waals surface area contributed by atoms with Crippen LogP contribution >= 0.6 is 0 Å². The molecule has 1 aromatic rings. The van der Waals surface area contributed by atoms with E-state index in [1.165, 1.54) is 37.4 Å². The van der Waals surface area contributed by atoms with E-state index in [0.29, 0.717) is 6.04 Å². The van der Waals surface area contributed by atoms with Crippen molar-refractivity contribution in [1.82, 2.24) is 19.4 Å². The standard InChI is InChI=1S/C15H26N4.2C2HF3O2/c1-12(2)17(3)10-14-8-16-15-11-18(6-7-19(14)15)9-13-4-5-13;2*3-2(4,5)1(6)7/h8,12-13H,4-7,9-11H2,1-3H3;2*(H,6,7). The third kappa shape index (κ3) is 10.4. The molecule has 1 aliphatic heterocycles. The first kappa shape index (κ1) is 28.7. The molecule has 0 unspecified atom stereocenters. The fourth-order valence-corrected chi connectivity index (χ4v) is 2.76. The Morgan fingerprint density at radius 2 is 1.58 bits per heavy atom. The second-order valence-electron chi connectivity index (χ2n) is 8.11. The quantitative estimate of drug-likeness (QED) is 0.612. The van der Waals surface area contributed by atoms with E-state index in [4.69, 9.17) is 19.8 Å². The summed E-state index contributed by atoms with van der Waals surface area (Å²) in [6, 6.07) is 0.584. The number of alkyl halides is 6. The molecule has 8 nitrogen and oxygen atoms in total. The topological polar surface area (TPSA) is 98.9 Å². The van der Waals surface area contributed by atoms with Gasteiger partial charge in [-0.25, -0.2) is 14.6 Å². The minimum absolute atomic E-state index is 0.584. The Morgan fingerprint density at radius 3 is 1.97 bits per heavy atom. The van der Waals surface area contributed by atoms with Crippen molar-refractivity contribution in [3.63, 3.8) is 0 Å². The largest absolute Gasteiger partial charge is 0.490 e. The number of carboxylic acids is 2. The molecule has 2 aliphatic rings. The van der Waals surface area contributed by atoms with Gasteiger partial charge in [0.25, 0.3) is 0 Å². The van der Waals surface area contributed by atoms with Crippen LogP contribution in [-0.4, -0.2) is 80.0 Å². The van der Waals surface area contributed by atoms with Crippen LogP contribution in [0.1, 0.15) is 38.2 Å². The summed E-state index contributed by atoms with van der Waals surface area (Å²) in [6.45, 7) is 10.1. The van der Waals surface area contributed by atoms with Gasteiger partial charge in [0.15, 0.2) is 0 Å². The van der Waals surface area contributed by atoms with Crippen LogP contribution in [0.3, 0.4) is 0 Å². The lowest BCUT2D eigenvalue weighted by Gasteiger charge is -2.29. The highest BCUT2D eigenvalue weighted by atomic mass is 19.4. The first-order valence-electron chi connectivity index (χ1n) is 10.1. The van der Waals surface area contributed by atoms with Crippen molar-refractivity contribution in [2.45, 2.75) is 64.7 Å². The molecule has 2 N–H and O–H groups in total. The van der Waals surface area contributed by atoms with Crippen molar-refractivity contribution in [2.75, 3.05) is 20.1 Å². The van der Waals surface area contributed by atoms with Crippen molar-refractivity contribution < 1.29 is 46.1 Å². The van der Waals surface area contributed by atoms with E-state index >= 15 is 0 Å². The van der Waals surface area contributed by atoms with E-state index in [2.05, 4.69) is 46.4 Å². The van der Waals surface area contributed by atoms with Gasteiger partial charge in [0.05, 0.1) is 12.2 Å². The molecule has 14 heteroatoms. The monoisotopic (exact) mass is 490 g/mol. The van der Waals surface area contributed by atoms with Crippen molar-refractivity contribution in [1.29, 1.82) is 0 Å². The Bertz CT molecular complexity index is 766. The molecule has 3 rings (SSSR count). The number of imidazole rings is 1. The van der Waals surface area contributed by atoms with Gasteiger partial charge in [0, 0.05) is 38.4 Å². The highest BCUT2D eigenvalue weighted by Gasteiger charge is 2.38. The summed E-state index contributed by atoms with van der Waals surface area (Å²) in [6.07, 6.45) is -5.21. The Balaban J connectivity index is 0.000000324. The number of nitrogens with zero attached hydrogens (tertiary/aromatic N) is 4. The van der Waals surface area contributed by atoms with Crippen LogP contribution in [0, 0.1) is 5.92 Å². The lowest BCUT2D eigenvalue weighted by molar-refractivity contribution is -0.193. The fraction of sp³-hybridized carbons (Fsp3) is 0.737. The van der Waals surface area contributed by atoms with Crippen LogP contribution in [0.15, 0.2) is 6.20 Å². The first-order chi connectivity index (χ1) is 15.0. The van der Waals surface area contributed by atoms with Gasteiger partial charge in [-0.3, -0.25) is 9.80 Å². The highest BCUT2D eigenvalue weighted by Crippen LogP contribution is 2.30. The Hall–Kier alpha value is -2.35. The first-order valence-corrected chi connectivity index (χ1v) is 10.1. The molecule has 0 aromatic carbocycles. The third-order valence-corrected chi connectivity index (χ3v) is 5.02. The van der Waals surface area contributed by atoms with Crippen LogP contribution < -0.4 is 0 Å². The Morgan fingerprint density at radius 1 is 1.09 bits per heavy atom. The fourth-order valence-electron chi connectivity index (χ4n) is 2.76. The van der Waals surface area contributed by atoms with E-state index in [9.17, 15) is 26.3 Å². The molecule has 0 atom stereocenters. The molecule has 0 amide bonds.